The van der Waals surface area contributed by atoms with Crippen molar-refractivity contribution in [2.24, 2.45) is 5.73 Å². The van der Waals surface area contributed by atoms with Crippen LogP contribution in [-0.2, 0) is 6.54 Å². The van der Waals surface area contributed by atoms with Gasteiger partial charge in [-0.2, -0.15) is 0 Å². The molecule has 2 aromatic carbocycles. The van der Waals surface area contributed by atoms with Crippen molar-refractivity contribution in [1.29, 1.82) is 0 Å². The highest BCUT2D eigenvalue weighted by Crippen LogP contribution is 2.22. The number of rotatable bonds is 8. The zero-order valence-corrected chi connectivity index (χ0v) is 12.2. The van der Waals surface area contributed by atoms with Crippen molar-refractivity contribution in [3.63, 3.8) is 0 Å². The van der Waals surface area contributed by atoms with Gasteiger partial charge in [0.05, 0.1) is 20.3 Å². The Bertz CT molecular complexity index is 521. The molecule has 2 rings (SSSR count). The molecule has 0 unspecified atom stereocenters. The summed E-state index contributed by atoms with van der Waals surface area (Å²) in [6.07, 6.45) is 0.810. The van der Waals surface area contributed by atoms with Crippen LogP contribution in [0.4, 0.5) is 0 Å². The summed E-state index contributed by atoms with van der Waals surface area (Å²) in [7, 11) is 1.63. The summed E-state index contributed by atoms with van der Waals surface area (Å²) in [5.74, 6) is 2.41. The van der Waals surface area contributed by atoms with Crippen molar-refractivity contribution in [1.82, 2.24) is 0 Å². The van der Waals surface area contributed by atoms with E-state index < -0.39 is 0 Å². The number of para-hydroxylation sites is 1. The lowest BCUT2D eigenvalue weighted by atomic mass is 10.2. The predicted octanol–water partition coefficient (Wildman–Crippen LogP) is 3.00. The lowest BCUT2D eigenvalue weighted by molar-refractivity contribution is 0.246. The average Bonchev–Trinajstić information content (AvgIpc) is 2.55. The molecule has 0 bridgehead atoms. The van der Waals surface area contributed by atoms with Crippen molar-refractivity contribution >= 4 is 0 Å². The summed E-state index contributed by atoms with van der Waals surface area (Å²) in [6, 6.07) is 15.5. The molecule has 0 aliphatic heterocycles. The van der Waals surface area contributed by atoms with Gasteiger partial charge in [0.15, 0.2) is 0 Å². The molecular formula is C17H21NO3. The molecule has 0 aliphatic rings. The van der Waals surface area contributed by atoms with Gasteiger partial charge in [-0.15, -0.1) is 0 Å². The minimum atomic E-state index is 0.463. The molecule has 2 N–H and O–H groups in total. The van der Waals surface area contributed by atoms with Crippen LogP contribution in [0.25, 0.3) is 0 Å². The SMILES string of the molecule is COc1cc(CN)cc(OCCCOc2ccccc2)c1. The van der Waals surface area contributed by atoms with Gasteiger partial charge in [0.25, 0.3) is 0 Å². The summed E-state index contributed by atoms with van der Waals surface area (Å²) in [5, 5.41) is 0. The largest absolute Gasteiger partial charge is 0.497 e. The summed E-state index contributed by atoms with van der Waals surface area (Å²) in [5.41, 5.74) is 6.64. The molecular weight excluding hydrogens is 266 g/mol. The molecule has 4 heteroatoms. The smallest absolute Gasteiger partial charge is 0.123 e. The molecule has 0 heterocycles. The van der Waals surface area contributed by atoms with Crippen LogP contribution in [0.15, 0.2) is 48.5 Å². The van der Waals surface area contributed by atoms with Crippen molar-refractivity contribution < 1.29 is 14.2 Å². The van der Waals surface area contributed by atoms with Crippen LogP contribution >= 0.6 is 0 Å². The first-order valence-electron chi connectivity index (χ1n) is 7.00. The first kappa shape index (κ1) is 15.2. The molecule has 0 amide bonds. The summed E-state index contributed by atoms with van der Waals surface area (Å²) in [6.45, 7) is 1.67. The van der Waals surface area contributed by atoms with Crippen molar-refractivity contribution in [2.75, 3.05) is 20.3 Å². The third-order valence-corrected chi connectivity index (χ3v) is 2.98. The second kappa shape index (κ2) is 8.17. The highest BCUT2D eigenvalue weighted by atomic mass is 16.5. The fraction of sp³-hybridized carbons (Fsp3) is 0.294. The van der Waals surface area contributed by atoms with E-state index in [9.17, 15) is 0 Å². The van der Waals surface area contributed by atoms with Gasteiger partial charge < -0.3 is 19.9 Å². The number of ether oxygens (including phenoxy) is 3. The molecule has 112 valence electrons. The number of methoxy groups -OCH3 is 1. The number of hydrogen-bond donors (Lipinski definition) is 1. The van der Waals surface area contributed by atoms with Crippen LogP contribution in [-0.4, -0.2) is 20.3 Å². The predicted molar refractivity (Wildman–Crippen MR) is 82.9 cm³/mol. The Morgan fingerprint density at radius 1 is 0.857 bits per heavy atom. The van der Waals surface area contributed by atoms with Gasteiger partial charge in [0.2, 0.25) is 0 Å². The molecule has 0 saturated carbocycles. The van der Waals surface area contributed by atoms with Crippen LogP contribution in [0, 0.1) is 0 Å². The summed E-state index contributed by atoms with van der Waals surface area (Å²) < 4.78 is 16.5. The van der Waals surface area contributed by atoms with Crippen LogP contribution in [0.1, 0.15) is 12.0 Å². The third-order valence-electron chi connectivity index (χ3n) is 2.98. The number of hydrogen-bond acceptors (Lipinski definition) is 4. The van der Waals surface area contributed by atoms with E-state index in [-0.39, 0.29) is 0 Å². The molecule has 2 aromatic rings. The van der Waals surface area contributed by atoms with Gasteiger partial charge in [0, 0.05) is 19.0 Å². The molecule has 0 spiro atoms. The van der Waals surface area contributed by atoms with Gasteiger partial charge in [-0.3, -0.25) is 0 Å². The Morgan fingerprint density at radius 2 is 1.52 bits per heavy atom. The first-order valence-corrected chi connectivity index (χ1v) is 7.00. The van der Waals surface area contributed by atoms with Gasteiger partial charge in [-0.1, -0.05) is 18.2 Å². The van der Waals surface area contributed by atoms with E-state index in [1.54, 1.807) is 7.11 Å². The molecule has 0 aromatic heterocycles. The van der Waals surface area contributed by atoms with Gasteiger partial charge >= 0.3 is 0 Å². The molecule has 0 atom stereocenters. The molecule has 0 saturated heterocycles. The van der Waals surface area contributed by atoms with Crippen LogP contribution < -0.4 is 19.9 Å². The molecule has 21 heavy (non-hydrogen) atoms. The minimum absolute atomic E-state index is 0.463. The van der Waals surface area contributed by atoms with E-state index in [2.05, 4.69) is 0 Å². The Morgan fingerprint density at radius 3 is 2.19 bits per heavy atom. The third kappa shape index (κ3) is 5.00. The zero-order valence-electron chi connectivity index (χ0n) is 12.2. The first-order chi connectivity index (χ1) is 10.3. The average molecular weight is 287 g/mol. The van der Waals surface area contributed by atoms with Gasteiger partial charge in [-0.25, -0.2) is 0 Å². The maximum atomic E-state index is 5.71. The number of nitrogens with two attached hydrogens (primary N) is 1. The Kier molecular flexibility index (Phi) is 5.91. The fourth-order valence-corrected chi connectivity index (χ4v) is 1.91. The number of benzene rings is 2. The maximum absolute atomic E-state index is 5.71. The van der Waals surface area contributed by atoms with E-state index in [0.29, 0.717) is 19.8 Å². The van der Waals surface area contributed by atoms with Crippen LogP contribution in [0.2, 0.25) is 0 Å². The Balaban J connectivity index is 1.75. The van der Waals surface area contributed by atoms with E-state index in [1.165, 1.54) is 0 Å². The van der Waals surface area contributed by atoms with Crippen molar-refractivity contribution in [3.05, 3.63) is 54.1 Å². The standard InChI is InChI=1S/C17H21NO3/c1-19-16-10-14(13-18)11-17(12-16)21-9-5-8-20-15-6-3-2-4-7-15/h2-4,6-7,10-12H,5,8-9,13,18H2,1H3. The molecule has 0 radical (unpaired) electrons. The van der Waals surface area contributed by atoms with Crippen molar-refractivity contribution in [3.8, 4) is 17.2 Å². The van der Waals surface area contributed by atoms with Crippen LogP contribution in [0.3, 0.4) is 0 Å². The van der Waals surface area contributed by atoms with E-state index in [1.807, 2.05) is 48.5 Å². The monoisotopic (exact) mass is 287 g/mol. The molecule has 0 fully saturated rings. The zero-order chi connectivity index (χ0) is 14.9. The second-order valence-electron chi connectivity index (χ2n) is 4.58. The second-order valence-corrected chi connectivity index (χ2v) is 4.58. The van der Waals surface area contributed by atoms with E-state index >= 15 is 0 Å². The summed E-state index contributed by atoms with van der Waals surface area (Å²) in [4.78, 5) is 0. The van der Waals surface area contributed by atoms with Crippen LogP contribution in [0.5, 0.6) is 17.2 Å². The lowest BCUT2D eigenvalue weighted by Gasteiger charge is -2.10. The highest BCUT2D eigenvalue weighted by Gasteiger charge is 2.02. The van der Waals surface area contributed by atoms with Gasteiger partial charge in [-0.05, 0) is 29.8 Å². The Labute approximate surface area is 125 Å². The highest BCUT2D eigenvalue weighted by molar-refractivity contribution is 5.38. The minimum Gasteiger partial charge on any atom is -0.497 e. The summed E-state index contributed by atoms with van der Waals surface area (Å²) >= 11 is 0. The molecule has 4 nitrogen and oxygen atoms in total. The van der Waals surface area contributed by atoms with E-state index in [4.69, 9.17) is 19.9 Å². The topological polar surface area (TPSA) is 53.7 Å². The normalized spacial score (nSPS) is 10.2. The van der Waals surface area contributed by atoms with E-state index in [0.717, 1.165) is 29.2 Å². The lowest BCUT2D eigenvalue weighted by Crippen LogP contribution is -2.05. The quantitative estimate of drug-likeness (QED) is 0.758. The maximum Gasteiger partial charge on any atom is 0.123 e. The van der Waals surface area contributed by atoms with Crippen molar-refractivity contribution in [2.45, 2.75) is 13.0 Å². The fourth-order valence-electron chi connectivity index (χ4n) is 1.91. The Hall–Kier alpha value is -2.20. The van der Waals surface area contributed by atoms with Gasteiger partial charge in [0.1, 0.15) is 17.2 Å². The molecule has 0 aliphatic carbocycles.